The molecule has 0 saturated carbocycles. The Morgan fingerprint density at radius 1 is 1.04 bits per heavy atom. The molecule has 2 amide bonds. The minimum Gasteiger partial charge on any atom is -0.241 e. The summed E-state index contributed by atoms with van der Waals surface area (Å²) < 4.78 is 7.15. The van der Waals surface area contributed by atoms with Crippen LogP contribution in [0.5, 0.6) is 0 Å². The van der Waals surface area contributed by atoms with Crippen LogP contribution in [0.1, 0.15) is 49.2 Å². The van der Waals surface area contributed by atoms with Crippen LogP contribution in [-0.2, 0) is 9.32 Å². The molecular formula is C22H27BrNO3Si+. The van der Waals surface area contributed by atoms with Crippen molar-refractivity contribution in [1.29, 1.82) is 0 Å². The van der Waals surface area contributed by atoms with Gasteiger partial charge in [0.05, 0.1) is 5.56 Å². The number of likely N-dealkylation sites (tertiary alicyclic amines) is 1. The first-order valence-electron chi connectivity index (χ1n) is 9.90. The topological polar surface area (TPSA) is 43.4 Å². The molecule has 0 unspecified atom stereocenters. The standard InChI is InChI=1S/C22H27BrNO3Si/c1-4-28(5-2,6-3)27-24(22(26)18-10-8-7-9-11-18)20(16-21(24)25)17-12-14-19(23)15-13-17/h7-15,20H,4-6,16H2,1-3H3/q+1/t20-,24-/m0/s1. The smallest absolute Gasteiger partial charge is 0.241 e. The lowest BCUT2D eigenvalue weighted by Crippen LogP contribution is -2.70. The van der Waals surface area contributed by atoms with E-state index in [-0.39, 0.29) is 17.9 Å². The van der Waals surface area contributed by atoms with Gasteiger partial charge < -0.3 is 0 Å². The maximum absolute atomic E-state index is 13.7. The summed E-state index contributed by atoms with van der Waals surface area (Å²) in [7, 11) is -2.22. The molecule has 0 aromatic heterocycles. The number of hydroxylamine groups is 3. The van der Waals surface area contributed by atoms with Crippen LogP contribution in [0.15, 0.2) is 59.1 Å². The molecule has 0 aliphatic carbocycles. The summed E-state index contributed by atoms with van der Waals surface area (Å²) in [5.41, 5.74) is 1.47. The lowest BCUT2D eigenvalue weighted by molar-refractivity contribution is -1.00. The number of rotatable bonds is 7. The van der Waals surface area contributed by atoms with Crippen molar-refractivity contribution in [3.8, 4) is 0 Å². The Labute approximate surface area is 176 Å². The highest BCUT2D eigenvalue weighted by Crippen LogP contribution is 2.47. The van der Waals surface area contributed by atoms with Gasteiger partial charge in [-0.3, -0.25) is 0 Å². The van der Waals surface area contributed by atoms with Gasteiger partial charge in [0, 0.05) is 10.0 Å². The van der Waals surface area contributed by atoms with Crippen LogP contribution in [0.25, 0.3) is 0 Å². The van der Waals surface area contributed by atoms with E-state index >= 15 is 0 Å². The number of nitrogens with zero attached hydrogens (tertiary/aromatic N) is 1. The number of halogens is 1. The highest BCUT2D eigenvalue weighted by Gasteiger charge is 2.66. The van der Waals surface area contributed by atoms with Gasteiger partial charge in [-0.1, -0.05) is 71.7 Å². The van der Waals surface area contributed by atoms with Crippen molar-refractivity contribution in [3.05, 3.63) is 70.2 Å². The van der Waals surface area contributed by atoms with Crippen molar-refractivity contribution in [2.45, 2.75) is 51.4 Å². The highest BCUT2D eigenvalue weighted by atomic mass is 79.9. The Morgan fingerprint density at radius 2 is 1.61 bits per heavy atom. The fourth-order valence-corrected chi connectivity index (χ4v) is 7.01. The van der Waals surface area contributed by atoms with E-state index < -0.39 is 13.0 Å². The van der Waals surface area contributed by atoms with Gasteiger partial charge in [-0.05, 0) is 42.4 Å². The zero-order chi connectivity index (χ0) is 20.4. The van der Waals surface area contributed by atoms with Crippen LogP contribution >= 0.6 is 15.9 Å². The first-order valence-corrected chi connectivity index (χ1v) is 13.2. The summed E-state index contributed by atoms with van der Waals surface area (Å²) in [6.07, 6.45) is 0.321. The molecule has 6 heteroatoms. The molecule has 1 fully saturated rings. The van der Waals surface area contributed by atoms with Crippen molar-refractivity contribution < 1.29 is 18.8 Å². The van der Waals surface area contributed by atoms with Gasteiger partial charge in [0.1, 0.15) is 6.42 Å². The first kappa shape index (κ1) is 21.1. The van der Waals surface area contributed by atoms with Gasteiger partial charge >= 0.3 is 11.8 Å². The molecule has 1 aliphatic heterocycles. The number of hydrogen-bond donors (Lipinski definition) is 0. The number of β-lactam (4-membered cyclic amide) rings is 1. The second kappa shape index (κ2) is 8.41. The Kier molecular flexibility index (Phi) is 6.34. The summed E-state index contributed by atoms with van der Waals surface area (Å²) in [5.74, 6) is -0.397. The van der Waals surface area contributed by atoms with E-state index in [1.165, 1.54) is 0 Å². The average Bonchev–Trinajstić information content (AvgIpc) is 2.74. The first-order chi connectivity index (χ1) is 13.4. The second-order valence-corrected chi connectivity index (χ2v) is 12.9. The fourth-order valence-electron chi connectivity index (χ4n) is 3.94. The Hall–Kier alpha value is -1.60. The number of quaternary nitrogens is 1. The lowest BCUT2D eigenvalue weighted by atomic mass is 9.91. The van der Waals surface area contributed by atoms with Crippen molar-refractivity contribution in [2.24, 2.45) is 0 Å². The van der Waals surface area contributed by atoms with E-state index in [1.54, 1.807) is 12.1 Å². The van der Waals surface area contributed by atoms with Crippen LogP contribution in [0.3, 0.4) is 0 Å². The van der Waals surface area contributed by atoms with E-state index in [0.29, 0.717) is 12.0 Å². The molecule has 0 N–H and O–H groups in total. The van der Waals surface area contributed by atoms with Crippen LogP contribution in [-0.4, -0.2) is 24.8 Å². The van der Waals surface area contributed by atoms with Crippen molar-refractivity contribution in [1.82, 2.24) is 0 Å². The zero-order valence-corrected chi connectivity index (χ0v) is 19.2. The molecule has 3 rings (SSSR count). The lowest BCUT2D eigenvalue weighted by Gasteiger charge is -2.48. The SMILES string of the molecule is CC[Si](CC)(CC)O[N@+]1(C(=O)c2ccccc2)C(=O)C[C@H]1c1ccc(Br)cc1. The molecule has 28 heavy (non-hydrogen) atoms. The number of benzene rings is 2. The van der Waals surface area contributed by atoms with Crippen LogP contribution < -0.4 is 0 Å². The van der Waals surface area contributed by atoms with Gasteiger partial charge in [0.2, 0.25) is 0 Å². The Balaban J connectivity index is 2.11. The minimum absolute atomic E-state index is 0.144. The maximum Gasteiger partial charge on any atom is 0.385 e. The molecule has 0 radical (unpaired) electrons. The maximum atomic E-state index is 13.7. The molecule has 1 aliphatic rings. The van der Waals surface area contributed by atoms with E-state index in [1.807, 2.05) is 42.5 Å². The van der Waals surface area contributed by atoms with Crippen LogP contribution in [0, 0.1) is 0 Å². The largest absolute Gasteiger partial charge is 0.385 e. The molecule has 2 aromatic rings. The van der Waals surface area contributed by atoms with Gasteiger partial charge in [-0.15, -0.1) is 0 Å². The predicted octanol–water partition coefficient (Wildman–Crippen LogP) is 6.01. The third-order valence-corrected chi connectivity index (χ3v) is 11.1. The summed E-state index contributed by atoms with van der Waals surface area (Å²) in [4.78, 5) is 26.8. The predicted molar refractivity (Wildman–Crippen MR) is 116 cm³/mol. The zero-order valence-electron chi connectivity index (χ0n) is 16.7. The average molecular weight is 461 g/mol. The molecule has 1 saturated heterocycles. The number of amides is 2. The third-order valence-electron chi connectivity index (χ3n) is 6.03. The van der Waals surface area contributed by atoms with Gasteiger partial charge in [0.25, 0.3) is 8.32 Å². The molecule has 2 atom stereocenters. The Bertz CT molecular complexity index is 844. The van der Waals surface area contributed by atoms with Crippen LogP contribution in [0.4, 0.5) is 0 Å². The fraction of sp³-hybridized carbons (Fsp3) is 0.364. The molecule has 148 valence electrons. The number of hydrogen-bond acceptors (Lipinski definition) is 3. The van der Waals surface area contributed by atoms with Gasteiger partial charge in [-0.25, -0.2) is 14.1 Å². The Morgan fingerprint density at radius 3 is 2.11 bits per heavy atom. The normalized spacial score (nSPS) is 22.0. The summed E-state index contributed by atoms with van der Waals surface area (Å²) >= 11 is 3.46. The van der Waals surface area contributed by atoms with Crippen LogP contribution in [0.2, 0.25) is 18.1 Å². The summed E-state index contributed by atoms with van der Waals surface area (Å²) in [6.45, 7) is 6.34. The van der Waals surface area contributed by atoms with Gasteiger partial charge in [0.15, 0.2) is 6.04 Å². The molecule has 2 aromatic carbocycles. The molecule has 1 heterocycles. The number of carbonyl (C=O) groups excluding carboxylic acids is 2. The van der Waals surface area contributed by atoms with Crippen molar-refractivity contribution in [2.75, 3.05) is 0 Å². The van der Waals surface area contributed by atoms with Gasteiger partial charge in [-0.2, -0.15) is 0 Å². The number of carbonyl (C=O) groups is 2. The van der Waals surface area contributed by atoms with E-state index in [4.69, 9.17) is 4.53 Å². The third kappa shape index (κ3) is 3.54. The van der Waals surface area contributed by atoms with E-state index in [2.05, 4.69) is 36.7 Å². The molecular weight excluding hydrogens is 434 g/mol. The number of imide groups is 1. The molecule has 0 spiro atoms. The van der Waals surface area contributed by atoms with E-state index in [9.17, 15) is 9.59 Å². The van der Waals surface area contributed by atoms with Crippen molar-refractivity contribution in [3.63, 3.8) is 0 Å². The minimum atomic E-state index is -2.22. The summed E-state index contributed by atoms with van der Waals surface area (Å²) in [5, 5.41) is 0. The quantitative estimate of drug-likeness (QED) is 0.219. The molecule has 0 bridgehead atoms. The van der Waals surface area contributed by atoms with E-state index in [0.717, 1.165) is 28.2 Å². The summed E-state index contributed by atoms with van der Waals surface area (Å²) in [6, 6.07) is 19.2. The monoisotopic (exact) mass is 460 g/mol. The second-order valence-electron chi connectivity index (χ2n) is 7.33. The highest BCUT2D eigenvalue weighted by molar-refractivity contribution is 9.10. The van der Waals surface area contributed by atoms with Crippen molar-refractivity contribution >= 4 is 36.1 Å². The molecule has 4 nitrogen and oxygen atoms in total.